The molecular weight excluding hydrogens is 289 g/mol. The third-order valence-electron chi connectivity index (χ3n) is 3.84. The van der Waals surface area contributed by atoms with Crippen molar-refractivity contribution in [3.05, 3.63) is 41.8 Å². The van der Waals surface area contributed by atoms with Crippen molar-refractivity contribution in [3.8, 4) is 5.75 Å². The zero-order valence-electron chi connectivity index (χ0n) is 12.2. The Morgan fingerprint density at radius 3 is 3.05 bits per heavy atom. The number of hydrogen-bond donors (Lipinski definition) is 0. The van der Waals surface area contributed by atoms with Gasteiger partial charge in [0.1, 0.15) is 0 Å². The fourth-order valence-electron chi connectivity index (χ4n) is 2.73. The summed E-state index contributed by atoms with van der Waals surface area (Å²) in [6, 6.07) is 3.90. The summed E-state index contributed by atoms with van der Waals surface area (Å²) < 4.78 is 23.2. The third kappa shape index (κ3) is 2.66. The summed E-state index contributed by atoms with van der Waals surface area (Å²) in [5.41, 5.74) is 0.383. The van der Waals surface area contributed by atoms with E-state index in [1.54, 1.807) is 4.90 Å². The Balaban J connectivity index is 1.89. The molecule has 0 saturated carbocycles. The first kappa shape index (κ1) is 14.5. The molecule has 1 fully saturated rings. The molecule has 2 heterocycles. The number of halogens is 1. The zero-order chi connectivity index (χ0) is 15.5. The predicted octanol–water partition coefficient (Wildman–Crippen LogP) is 2.58. The highest BCUT2D eigenvalue weighted by atomic mass is 19.1. The Morgan fingerprint density at radius 1 is 1.45 bits per heavy atom. The fourth-order valence-corrected chi connectivity index (χ4v) is 2.73. The van der Waals surface area contributed by atoms with Crippen LogP contribution >= 0.6 is 0 Å². The van der Waals surface area contributed by atoms with Crippen LogP contribution in [0.2, 0.25) is 0 Å². The van der Waals surface area contributed by atoms with Crippen molar-refractivity contribution >= 4 is 5.91 Å². The lowest BCUT2D eigenvalue weighted by atomic mass is 10.00. The van der Waals surface area contributed by atoms with E-state index in [-0.39, 0.29) is 17.7 Å². The molecule has 7 heteroatoms. The van der Waals surface area contributed by atoms with Gasteiger partial charge in [0.25, 0.3) is 5.91 Å². The van der Waals surface area contributed by atoms with Gasteiger partial charge in [0.15, 0.2) is 17.4 Å². The maximum absolute atomic E-state index is 13.5. The van der Waals surface area contributed by atoms with Crippen molar-refractivity contribution in [1.29, 1.82) is 0 Å². The van der Waals surface area contributed by atoms with E-state index in [9.17, 15) is 9.18 Å². The number of benzene rings is 1. The van der Waals surface area contributed by atoms with Gasteiger partial charge >= 0.3 is 0 Å². The lowest BCUT2D eigenvalue weighted by Crippen LogP contribution is -2.39. The fraction of sp³-hybridized carbons (Fsp3) is 0.400. The van der Waals surface area contributed by atoms with E-state index < -0.39 is 5.82 Å². The second-order valence-corrected chi connectivity index (χ2v) is 5.15. The van der Waals surface area contributed by atoms with Gasteiger partial charge in [-0.15, -0.1) is 0 Å². The summed E-state index contributed by atoms with van der Waals surface area (Å²) in [5.74, 6) is -0.124. The van der Waals surface area contributed by atoms with Crippen LogP contribution in [-0.2, 0) is 0 Å². The van der Waals surface area contributed by atoms with E-state index in [2.05, 4.69) is 10.1 Å². The number of piperidine rings is 1. The van der Waals surface area contributed by atoms with E-state index in [0.29, 0.717) is 17.9 Å². The number of carbonyl (C=O) groups is 1. The molecule has 3 rings (SSSR count). The Labute approximate surface area is 126 Å². The van der Waals surface area contributed by atoms with Crippen molar-refractivity contribution in [2.75, 3.05) is 13.7 Å². The number of rotatable bonds is 3. The van der Waals surface area contributed by atoms with Crippen molar-refractivity contribution in [3.63, 3.8) is 0 Å². The SMILES string of the molecule is COc1cc(C(=O)N2CCCCC2c2ncon2)ccc1F. The Kier molecular flexibility index (Phi) is 4.04. The molecule has 6 nitrogen and oxygen atoms in total. The molecule has 0 bridgehead atoms. The molecule has 22 heavy (non-hydrogen) atoms. The van der Waals surface area contributed by atoms with Crippen molar-refractivity contribution in [2.45, 2.75) is 25.3 Å². The van der Waals surface area contributed by atoms with E-state index in [1.165, 1.54) is 31.7 Å². The second kappa shape index (κ2) is 6.13. The molecule has 0 aliphatic carbocycles. The van der Waals surface area contributed by atoms with Crippen LogP contribution in [0.3, 0.4) is 0 Å². The van der Waals surface area contributed by atoms with Gasteiger partial charge in [-0.2, -0.15) is 4.98 Å². The maximum atomic E-state index is 13.5. The molecule has 1 saturated heterocycles. The van der Waals surface area contributed by atoms with Gasteiger partial charge in [0.2, 0.25) is 6.39 Å². The normalized spacial score (nSPS) is 18.3. The summed E-state index contributed by atoms with van der Waals surface area (Å²) >= 11 is 0. The van der Waals surface area contributed by atoms with Gasteiger partial charge in [-0.3, -0.25) is 4.79 Å². The number of aromatic nitrogens is 2. The van der Waals surface area contributed by atoms with Gasteiger partial charge in [-0.05, 0) is 37.5 Å². The summed E-state index contributed by atoms with van der Waals surface area (Å²) in [6.07, 6.45) is 3.95. The standard InChI is InChI=1S/C15H16FN3O3/c1-21-13-8-10(5-6-11(13)16)15(20)19-7-3-2-4-12(19)14-17-9-22-18-14/h5-6,8-9,12H,2-4,7H2,1H3. The van der Waals surface area contributed by atoms with Gasteiger partial charge < -0.3 is 14.2 Å². The van der Waals surface area contributed by atoms with Crippen molar-refractivity contribution < 1.29 is 18.4 Å². The zero-order valence-corrected chi connectivity index (χ0v) is 12.2. The molecule has 0 spiro atoms. The Morgan fingerprint density at radius 2 is 2.32 bits per heavy atom. The number of methoxy groups -OCH3 is 1. The van der Waals surface area contributed by atoms with Gasteiger partial charge in [0, 0.05) is 12.1 Å². The molecular formula is C15H16FN3O3. The molecule has 2 aromatic rings. The van der Waals surface area contributed by atoms with Crippen LogP contribution in [-0.4, -0.2) is 34.6 Å². The van der Waals surface area contributed by atoms with Gasteiger partial charge in [0.05, 0.1) is 13.2 Å². The van der Waals surface area contributed by atoms with E-state index in [0.717, 1.165) is 19.3 Å². The maximum Gasteiger partial charge on any atom is 0.254 e. The van der Waals surface area contributed by atoms with Gasteiger partial charge in [-0.1, -0.05) is 5.16 Å². The molecule has 116 valence electrons. The summed E-state index contributed by atoms with van der Waals surface area (Å²) in [7, 11) is 1.37. The topological polar surface area (TPSA) is 68.5 Å². The van der Waals surface area contributed by atoms with Crippen LogP contribution in [0.4, 0.5) is 4.39 Å². The van der Waals surface area contributed by atoms with E-state index in [4.69, 9.17) is 9.26 Å². The smallest absolute Gasteiger partial charge is 0.254 e. The molecule has 1 unspecified atom stereocenters. The minimum atomic E-state index is -0.493. The van der Waals surface area contributed by atoms with Crippen LogP contribution in [0.1, 0.15) is 41.5 Å². The highest BCUT2D eigenvalue weighted by Gasteiger charge is 2.31. The lowest BCUT2D eigenvalue weighted by Gasteiger charge is -2.33. The molecule has 0 radical (unpaired) electrons. The van der Waals surface area contributed by atoms with Crippen molar-refractivity contribution in [2.24, 2.45) is 0 Å². The highest BCUT2D eigenvalue weighted by Crippen LogP contribution is 2.31. The molecule has 1 aromatic carbocycles. The average Bonchev–Trinajstić information content (AvgIpc) is 3.09. The number of hydrogen-bond acceptors (Lipinski definition) is 5. The number of amides is 1. The Hall–Kier alpha value is -2.44. The minimum absolute atomic E-state index is 0.0546. The summed E-state index contributed by atoms with van der Waals surface area (Å²) in [5, 5.41) is 3.85. The van der Waals surface area contributed by atoms with E-state index in [1.807, 2.05) is 0 Å². The van der Waals surface area contributed by atoms with Crippen molar-refractivity contribution in [1.82, 2.24) is 15.0 Å². The number of nitrogens with zero attached hydrogens (tertiary/aromatic N) is 3. The summed E-state index contributed by atoms with van der Waals surface area (Å²) in [4.78, 5) is 18.5. The molecule has 1 amide bonds. The molecule has 1 atom stereocenters. The van der Waals surface area contributed by atoms with Crippen LogP contribution < -0.4 is 4.74 Å². The van der Waals surface area contributed by atoms with Crippen LogP contribution in [0.15, 0.2) is 29.1 Å². The van der Waals surface area contributed by atoms with Crippen LogP contribution in [0, 0.1) is 5.82 Å². The molecule has 1 aliphatic heterocycles. The molecule has 1 aliphatic rings. The second-order valence-electron chi connectivity index (χ2n) is 5.15. The average molecular weight is 305 g/mol. The van der Waals surface area contributed by atoms with Crippen LogP contribution in [0.25, 0.3) is 0 Å². The number of carbonyl (C=O) groups excluding carboxylic acids is 1. The minimum Gasteiger partial charge on any atom is -0.494 e. The first-order chi connectivity index (χ1) is 10.7. The summed E-state index contributed by atoms with van der Waals surface area (Å²) in [6.45, 7) is 0.609. The quantitative estimate of drug-likeness (QED) is 0.872. The highest BCUT2D eigenvalue weighted by molar-refractivity contribution is 5.95. The van der Waals surface area contributed by atoms with Crippen LogP contribution in [0.5, 0.6) is 5.75 Å². The predicted molar refractivity (Wildman–Crippen MR) is 74.9 cm³/mol. The third-order valence-corrected chi connectivity index (χ3v) is 3.84. The molecule has 1 aromatic heterocycles. The number of likely N-dealkylation sites (tertiary alicyclic amines) is 1. The number of ether oxygens (including phenoxy) is 1. The lowest BCUT2D eigenvalue weighted by molar-refractivity contribution is 0.0596. The van der Waals surface area contributed by atoms with E-state index >= 15 is 0 Å². The monoisotopic (exact) mass is 305 g/mol. The Bertz CT molecular complexity index is 660. The largest absolute Gasteiger partial charge is 0.494 e. The first-order valence-corrected chi connectivity index (χ1v) is 7.11. The molecule has 0 N–H and O–H groups in total. The first-order valence-electron chi connectivity index (χ1n) is 7.11. The van der Waals surface area contributed by atoms with Gasteiger partial charge in [-0.25, -0.2) is 4.39 Å².